The van der Waals surface area contributed by atoms with Crippen LogP contribution >= 0.6 is 0 Å². The molecule has 0 amide bonds. The van der Waals surface area contributed by atoms with Gasteiger partial charge in [0, 0.05) is 12.4 Å². The number of hydrogen-bond acceptors (Lipinski definition) is 3. The molecule has 1 heterocycles. The maximum Gasteiger partial charge on any atom is 0.123 e. The number of aromatic nitrogens is 1. The monoisotopic (exact) mass is 245 g/mol. The van der Waals surface area contributed by atoms with Gasteiger partial charge in [-0.2, -0.15) is 0 Å². The fraction of sp³-hybridized carbons (Fsp3) is 0.214. The van der Waals surface area contributed by atoms with Gasteiger partial charge in [0.05, 0.1) is 6.04 Å². The number of nitrogens with one attached hydrogen (secondary N) is 1. The number of halogens is 1. The van der Waals surface area contributed by atoms with Crippen molar-refractivity contribution in [1.82, 2.24) is 10.4 Å². The molecule has 18 heavy (non-hydrogen) atoms. The number of nitrogens with zero attached hydrogens (tertiary/aromatic N) is 1. The lowest BCUT2D eigenvalue weighted by molar-refractivity contribution is 0.545. The van der Waals surface area contributed by atoms with E-state index >= 15 is 0 Å². The third-order valence-corrected chi connectivity index (χ3v) is 3.02. The summed E-state index contributed by atoms with van der Waals surface area (Å²) in [5.41, 5.74) is 5.74. The number of hydrogen-bond donors (Lipinski definition) is 2. The molecule has 1 aromatic carbocycles. The van der Waals surface area contributed by atoms with E-state index in [0.29, 0.717) is 6.42 Å². The molecule has 94 valence electrons. The zero-order chi connectivity index (χ0) is 13.0. The highest BCUT2D eigenvalue weighted by Gasteiger charge is 2.12. The Morgan fingerprint density at radius 3 is 2.89 bits per heavy atom. The van der Waals surface area contributed by atoms with Gasteiger partial charge >= 0.3 is 0 Å². The minimum atomic E-state index is -0.224. The number of benzene rings is 1. The maximum absolute atomic E-state index is 13.2. The Labute approximate surface area is 106 Å². The molecule has 1 atom stereocenters. The molecule has 0 saturated heterocycles. The fourth-order valence-electron chi connectivity index (χ4n) is 1.93. The summed E-state index contributed by atoms with van der Waals surface area (Å²) >= 11 is 0. The Morgan fingerprint density at radius 2 is 2.22 bits per heavy atom. The van der Waals surface area contributed by atoms with Gasteiger partial charge in [0.1, 0.15) is 5.82 Å². The Hall–Kier alpha value is -1.78. The Balaban J connectivity index is 2.23. The van der Waals surface area contributed by atoms with Crippen LogP contribution in [-0.4, -0.2) is 4.98 Å². The van der Waals surface area contributed by atoms with Crippen LogP contribution in [-0.2, 0) is 6.42 Å². The van der Waals surface area contributed by atoms with Crippen LogP contribution in [0.25, 0.3) is 0 Å². The summed E-state index contributed by atoms with van der Waals surface area (Å²) in [7, 11) is 0. The second-order valence-electron chi connectivity index (χ2n) is 4.28. The van der Waals surface area contributed by atoms with E-state index in [-0.39, 0.29) is 11.9 Å². The second-order valence-corrected chi connectivity index (χ2v) is 4.28. The first-order chi connectivity index (χ1) is 8.70. The van der Waals surface area contributed by atoms with Crippen molar-refractivity contribution in [1.29, 1.82) is 0 Å². The van der Waals surface area contributed by atoms with Gasteiger partial charge in [0.15, 0.2) is 0 Å². The van der Waals surface area contributed by atoms with Crippen LogP contribution in [0.3, 0.4) is 0 Å². The molecule has 0 aliphatic heterocycles. The van der Waals surface area contributed by atoms with E-state index in [1.165, 1.54) is 6.07 Å². The standard InChI is InChI=1S/C14H16FN3/c1-10-4-5-13(15)7-12(10)8-14(18-16)11-3-2-6-17-9-11/h2-7,9,14,18H,8,16H2,1H3. The Morgan fingerprint density at radius 1 is 1.39 bits per heavy atom. The van der Waals surface area contributed by atoms with Crippen molar-refractivity contribution in [2.75, 3.05) is 0 Å². The molecular weight excluding hydrogens is 229 g/mol. The molecule has 3 N–H and O–H groups in total. The lowest BCUT2D eigenvalue weighted by Gasteiger charge is -2.17. The SMILES string of the molecule is Cc1ccc(F)cc1CC(NN)c1cccnc1. The van der Waals surface area contributed by atoms with Gasteiger partial charge in [0.25, 0.3) is 0 Å². The van der Waals surface area contributed by atoms with Crippen molar-refractivity contribution in [2.45, 2.75) is 19.4 Å². The van der Waals surface area contributed by atoms with Crippen LogP contribution in [0.5, 0.6) is 0 Å². The fourth-order valence-corrected chi connectivity index (χ4v) is 1.93. The van der Waals surface area contributed by atoms with Crippen molar-refractivity contribution >= 4 is 0 Å². The van der Waals surface area contributed by atoms with E-state index in [4.69, 9.17) is 5.84 Å². The number of aryl methyl sites for hydroxylation is 1. The third kappa shape index (κ3) is 2.91. The summed E-state index contributed by atoms with van der Waals surface area (Å²) < 4.78 is 13.2. The van der Waals surface area contributed by atoms with Crippen molar-refractivity contribution in [3.8, 4) is 0 Å². The van der Waals surface area contributed by atoms with Crippen LogP contribution in [0.4, 0.5) is 4.39 Å². The quantitative estimate of drug-likeness (QED) is 0.642. The van der Waals surface area contributed by atoms with Crippen molar-refractivity contribution in [3.05, 3.63) is 65.2 Å². The summed E-state index contributed by atoms with van der Waals surface area (Å²) in [5.74, 6) is 5.34. The van der Waals surface area contributed by atoms with Crippen molar-refractivity contribution in [2.24, 2.45) is 5.84 Å². The first-order valence-corrected chi connectivity index (χ1v) is 5.82. The lowest BCUT2D eigenvalue weighted by Crippen LogP contribution is -2.29. The van der Waals surface area contributed by atoms with Gasteiger partial charge in [-0.05, 0) is 48.2 Å². The third-order valence-electron chi connectivity index (χ3n) is 3.02. The molecule has 4 heteroatoms. The zero-order valence-corrected chi connectivity index (χ0v) is 10.2. The first-order valence-electron chi connectivity index (χ1n) is 5.82. The average molecular weight is 245 g/mol. The Bertz CT molecular complexity index is 514. The van der Waals surface area contributed by atoms with Crippen LogP contribution < -0.4 is 11.3 Å². The molecular formula is C14H16FN3. The molecule has 1 aromatic heterocycles. The van der Waals surface area contributed by atoms with E-state index in [1.807, 2.05) is 19.1 Å². The summed E-state index contributed by atoms with van der Waals surface area (Å²) in [6.45, 7) is 1.96. The zero-order valence-electron chi connectivity index (χ0n) is 10.2. The van der Waals surface area contributed by atoms with E-state index in [9.17, 15) is 4.39 Å². The highest BCUT2D eigenvalue weighted by Crippen LogP contribution is 2.20. The lowest BCUT2D eigenvalue weighted by atomic mass is 9.97. The van der Waals surface area contributed by atoms with Crippen molar-refractivity contribution < 1.29 is 4.39 Å². The van der Waals surface area contributed by atoms with Crippen LogP contribution in [0.2, 0.25) is 0 Å². The number of rotatable bonds is 4. The molecule has 3 nitrogen and oxygen atoms in total. The van der Waals surface area contributed by atoms with E-state index in [1.54, 1.807) is 24.5 Å². The average Bonchev–Trinajstić information content (AvgIpc) is 2.41. The minimum Gasteiger partial charge on any atom is -0.271 e. The molecule has 2 rings (SSSR count). The molecule has 0 bridgehead atoms. The van der Waals surface area contributed by atoms with E-state index < -0.39 is 0 Å². The predicted octanol–water partition coefficient (Wildman–Crippen LogP) is 2.28. The predicted molar refractivity (Wildman–Crippen MR) is 69.1 cm³/mol. The van der Waals surface area contributed by atoms with Gasteiger partial charge in [-0.25, -0.2) is 4.39 Å². The number of hydrazine groups is 1. The summed E-state index contributed by atoms with van der Waals surface area (Å²) in [6, 6.07) is 8.54. The molecule has 0 aliphatic carbocycles. The van der Waals surface area contributed by atoms with Gasteiger partial charge in [-0.15, -0.1) is 0 Å². The molecule has 0 radical (unpaired) electrons. The molecule has 0 spiro atoms. The topological polar surface area (TPSA) is 50.9 Å². The van der Waals surface area contributed by atoms with E-state index in [2.05, 4.69) is 10.4 Å². The molecule has 0 fully saturated rings. The van der Waals surface area contributed by atoms with Crippen LogP contribution in [0.15, 0.2) is 42.7 Å². The highest BCUT2D eigenvalue weighted by atomic mass is 19.1. The van der Waals surface area contributed by atoms with Crippen LogP contribution in [0, 0.1) is 12.7 Å². The number of nitrogens with two attached hydrogens (primary N) is 1. The van der Waals surface area contributed by atoms with Crippen molar-refractivity contribution in [3.63, 3.8) is 0 Å². The summed E-state index contributed by atoms with van der Waals surface area (Å²) in [4.78, 5) is 4.07. The normalized spacial score (nSPS) is 12.4. The maximum atomic E-state index is 13.2. The minimum absolute atomic E-state index is 0.0702. The van der Waals surface area contributed by atoms with Gasteiger partial charge < -0.3 is 0 Å². The second kappa shape index (κ2) is 5.71. The highest BCUT2D eigenvalue weighted by molar-refractivity contribution is 5.29. The van der Waals surface area contributed by atoms with E-state index in [0.717, 1.165) is 16.7 Å². The summed E-state index contributed by atoms with van der Waals surface area (Å²) in [6.07, 6.45) is 4.11. The largest absolute Gasteiger partial charge is 0.271 e. The molecule has 0 aliphatic rings. The molecule has 0 saturated carbocycles. The van der Waals surface area contributed by atoms with Gasteiger partial charge in [-0.3, -0.25) is 16.3 Å². The smallest absolute Gasteiger partial charge is 0.123 e. The summed E-state index contributed by atoms with van der Waals surface area (Å²) in [5, 5.41) is 0. The molecule has 2 aromatic rings. The Kier molecular flexibility index (Phi) is 4.02. The van der Waals surface area contributed by atoms with Gasteiger partial charge in [0.2, 0.25) is 0 Å². The first kappa shape index (κ1) is 12.7. The van der Waals surface area contributed by atoms with Gasteiger partial charge in [-0.1, -0.05) is 12.1 Å². The molecule has 1 unspecified atom stereocenters. The number of pyridine rings is 1. The van der Waals surface area contributed by atoms with Crippen LogP contribution in [0.1, 0.15) is 22.7 Å².